The van der Waals surface area contributed by atoms with Gasteiger partial charge in [-0.15, -0.1) is 0 Å². The number of unbranched alkanes of at least 4 members (excludes halogenated alkanes) is 1. The van der Waals surface area contributed by atoms with Crippen LogP contribution in [-0.2, 0) is 37.7 Å². The lowest BCUT2D eigenvalue weighted by Crippen LogP contribution is -2.57. The summed E-state index contributed by atoms with van der Waals surface area (Å²) in [5, 5.41) is 19.2. The van der Waals surface area contributed by atoms with E-state index in [0.29, 0.717) is 6.42 Å². The number of hydrogen-bond donors (Lipinski definition) is 4. The van der Waals surface area contributed by atoms with Crippen molar-refractivity contribution in [3.05, 3.63) is 53.2 Å². The Balaban J connectivity index is 1.11. The minimum Gasteiger partial charge on any atom is -0.480 e. The fourth-order valence-electron chi connectivity index (χ4n) is 4.38. The number of rotatable bonds is 13. The number of halogens is 3. The molecule has 0 spiro atoms. The van der Waals surface area contributed by atoms with Gasteiger partial charge in [0.05, 0.1) is 23.5 Å². The molecule has 0 bridgehead atoms. The van der Waals surface area contributed by atoms with Crippen LogP contribution in [0, 0.1) is 5.92 Å². The highest BCUT2D eigenvalue weighted by Crippen LogP contribution is 2.33. The molecule has 1 aromatic carbocycles. The lowest BCUT2D eigenvalue weighted by molar-refractivity contribution is -0.157. The number of alkyl halides is 3. The first-order valence-electron chi connectivity index (χ1n) is 13.4. The SMILES string of the molecule is O=C(CCCCc1ccc2c(n1)NCCC2)NCC(NC(=O)C1CN(OSc2cccc(C(F)(F)F)c2)C1)C(=O)O. The second-order valence-electron chi connectivity index (χ2n) is 9.98. The normalized spacial score (nSPS) is 16.2. The molecule has 222 valence electrons. The number of aryl methyl sites for hydroxylation is 2. The zero-order chi connectivity index (χ0) is 29.4. The predicted octanol–water partition coefficient (Wildman–Crippen LogP) is 3.43. The smallest absolute Gasteiger partial charge is 0.416 e. The van der Waals surface area contributed by atoms with E-state index in [2.05, 4.69) is 27.0 Å². The number of carbonyl (C=O) groups excluding carboxylic acids is 2. The second kappa shape index (κ2) is 14.0. The highest BCUT2D eigenvalue weighted by Gasteiger charge is 2.36. The summed E-state index contributed by atoms with van der Waals surface area (Å²) in [6, 6.07) is 7.47. The first-order valence-corrected chi connectivity index (χ1v) is 14.1. The molecule has 41 heavy (non-hydrogen) atoms. The number of fused-ring (bicyclic) bond motifs is 1. The molecule has 14 heteroatoms. The van der Waals surface area contributed by atoms with E-state index in [1.165, 1.54) is 22.8 Å². The summed E-state index contributed by atoms with van der Waals surface area (Å²) < 4.78 is 43.9. The van der Waals surface area contributed by atoms with E-state index >= 15 is 0 Å². The van der Waals surface area contributed by atoms with Gasteiger partial charge in [0.2, 0.25) is 11.8 Å². The Labute approximate surface area is 239 Å². The number of hydrogen-bond acceptors (Lipinski definition) is 8. The molecule has 1 atom stereocenters. The number of pyridine rings is 1. The number of anilines is 1. The van der Waals surface area contributed by atoms with Crippen LogP contribution in [0.15, 0.2) is 41.3 Å². The average Bonchev–Trinajstić information content (AvgIpc) is 2.92. The van der Waals surface area contributed by atoms with Crippen LogP contribution in [-0.4, -0.2) is 65.2 Å². The third-order valence-corrected chi connectivity index (χ3v) is 7.51. The average molecular weight is 596 g/mol. The summed E-state index contributed by atoms with van der Waals surface area (Å²) in [6.07, 6.45) is -0.0270. The largest absolute Gasteiger partial charge is 0.480 e. The van der Waals surface area contributed by atoms with Crippen molar-refractivity contribution in [2.24, 2.45) is 5.92 Å². The molecule has 10 nitrogen and oxygen atoms in total. The van der Waals surface area contributed by atoms with E-state index in [1.807, 2.05) is 6.07 Å². The topological polar surface area (TPSA) is 133 Å². The van der Waals surface area contributed by atoms with E-state index in [1.54, 1.807) is 0 Å². The summed E-state index contributed by atoms with van der Waals surface area (Å²) in [4.78, 5) is 41.2. The van der Waals surface area contributed by atoms with Crippen LogP contribution in [0.2, 0.25) is 0 Å². The van der Waals surface area contributed by atoms with Crippen molar-refractivity contribution < 1.29 is 36.9 Å². The molecule has 4 N–H and O–H groups in total. The number of nitrogens with zero attached hydrogens (tertiary/aromatic N) is 2. The Morgan fingerprint density at radius 3 is 2.76 bits per heavy atom. The fraction of sp³-hybridized carbons (Fsp3) is 0.481. The number of aliphatic carboxylic acids is 1. The molecule has 4 rings (SSSR count). The van der Waals surface area contributed by atoms with Crippen molar-refractivity contribution in [3.8, 4) is 0 Å². The van der Waals surface area contributed by atoms with Crippen LogP contribution >= 0.6 is 12.0 Å². The van der Waals surface area contributed by atoms with Crippen LogP contribution in [0.1, 0.15) is 42.5 Å². The van der Waals surface area contributed by atoms with Gasteiger partial charge < -0.3 is 21.1 Å². The molecule has 1 aromatic heterocycles. The lowest BCUT2D eigenvalue weighted by atomic mass is 10.0. The molecule has 1 unspecified atom stereocenters. The van der Waals surface area contributed by atoms with Crippen LogP contribution in [0.5, 0.6) is 0 Å². The quantitative estimate of drug-likeness (QED) is 0.203. The Bertz CT molecular complexity index is 1240. The molecule has 2 aliphatic heterocycles. The molecular weight excluding hydrogens is 563 g/mol. The third-order valence-electron chi connectivity index (χ3n) is 6.78. The van der Waals surface area contributed by atoms with Gasteiger partial charge in [-0.25, -0.2) is 14.1 Å². The summed E-state index contributed by atoms with van der Waals surface area (Å²) >= 11 is 0.737. The van der Waals surface area contributed by atoms with Gasteiger partial charge in [0.15, 0.2) is 0 Å². The van der Waals surface area contributed by atoms with Gasteiger partial charge in [0, 0.05) is 43.2 Å². The Kier molecular flexibility index (Phi) is 10.5. The van der Waals surface area contributed by atoms with E-state index < -0.39 is 35.6 Å². The second-order valence-corrected chi connectivity index (χ2v) is 10.8. The van der Waals surface area contributed by atoms with E-state index in [9.17, 15) is 32.7 Å². The zero-order valence-corrected chi connectivity index (χ0v) is 23.0. The van der Waals surface area contributed by atoms with Crippen LogP contribution in [0.4, 0.5) is 19.0 Å². The number of amides is 2. The van der Waals surface area contributed by atoms with Crippen molar-refractivity contribution >= 4 is 35.6 Å². The highest BCUT2D eigenvalue weighted by atomic mass is 32.2. The first kappa shape index (κ1) is 30.6. The number of nitrogens with one attached hydrogen (secondary N) is 3. The van der Waals surface area contributed by atoms with Crippen LogP contribution in [0.3, 0.4) is 0 Å². The lowest BCUT2D eigenvalue weighted by Gasteiger charge is -2.36. The zero-order valence-electron chi connectivity index (χ0n) is 22.2. The molecule has 2 aromatic rings. The fourth-order valence-corrected chi connectivity index (χ4v) is 5.00. The minimum atomic E-state index is -4.46. The number of carboxylic acids is 1. The molecule has 2 aliphatic rings. The molecule has 2 amide bonds. The molecule has 1 fully saturated rings. The Hall–Kier alpha value is -3.36. The van der Waals surface area contributed by atoms with E-state index in [0.717, 1.165) is 67.9 Å². The van der Waals surface area contributed by atoms with E-state index in [4.69, 9.17) is 4.28 Å². The maximum absolute atomic E-state index is 12.8. The van der Waals surface area contributed by atoms with Gasteiger partial charge in [0.25, 0.3) is 0 Å². The number of benzene rings is 1. The van der Waals surface area contributed by atoms with Crippen molar-refractivity contribution in [2.45, 2.75) is 55.6 Å². The van der Waals surface area contributed by atoms with Gasteiger partial charge in [0.1, 0.15) is 11.9 Å². The predicted molar refractivity (Wildman–Crippen MR) is 145 cm³/mol. The number of carboxylic acid groups (broad SMARTS) is 1. The van der Waals surface area contributed by atoms with Crippen molar-refractivity contribution in [1.29, 1.82) is 0 Å². The van der Waals surface area contributed by atoms with Gasteiger partial charge >= 0.3 is 12.1 Å². The molecule has 3 heterocycles. The number of hydroxylamine groups is 2. The van der Waals surface area contributed by atoms with Gasteiger partial charge in [-0.3, -0.25) is 9.59 Å². The maximum Gasteiger partial charge on any atom is 0.416 e. The monoisotopic (exact) mass is 595 g/mol. The minimum absolute atomic E-state index is 0.144. The molecule has 0 radical (unpaired) electrons. The standard InChI is InChI=1S/C27H32F3N5O5S/c28-27(29,30)19-6-3-8-21(13-19)41-40-35-15-18(16-35)25(37)34-22(26(38)39)14-32-23(36)9-2-1-7-20-11-10-17-5-4-12-31-24(17)33-20/h3,6,8,10-11,13,18,22H,1-2,4-5,7,9,12,14-16H2,(H,31,33)(H,32,36)(H,34,37)(H,38,39). The molecule has 0 saturated carbocycles. The van der Waals surface area contributed by atoms with Gasteiger partial charge in [-0.2, -0.15) is 18.2 Å². The van der Waals surface area contributed by atoms with Crippen LogP contribution < -0.4 is 16.0 Å². The van der Waals surface area contributed by atoms with Crippen molar-refractivity contribution in [2.75, 3.05) is 31.5 Å². The first-order chi connectivity index (χ1) is 19.6. The number of carbonyl (C=O) groups is 3. The van der Waals surface area contributed by atoms with E-state index in [-0.39, 0.29) is 36.9 Å². The molecular formula is C27H32F3N5O5S. The van der Waals surface area contributed by atoms with Gasteiger partial charge in [-0.05, 0) is 61.9 Å². The Morgan fingerprint density at radius 1 is 1.20 bits per heavy atom. The summed E-state index contributed by atoms with van der Waals surface area (Å²) in [7, 11) is 0. The molecule has 0 aliphatic carbocycles. The van der Waals surface area contributed by atoms with Crippen molar-refractivity contribution in [1.82, 2.24) is 20.7 Å². The van der Waals surface area contributed by atoms with Gasteiger partial charge in [-0.1, -0.05) is 12.1 Å². The highest BCUT2D eigenvalue weighted by molar-refractivity contribution is 7.94. The third kappa shape index (κ3) is 9.07. The number of aromatic nitrogens is 1. The molecule has 1 saturated heterocycles. The summed E-state index contributed by atoms with van der Waals surface area (Å²) in [5.74, 6) is -1.72. The maximum atomic E-state index is 12.8. The summed E-state index contributed by atoms with van der Waals surface area (Å²) in [5.41, 5.74) is 1.39. The van der Waals surface area contributed by atoms with Crippen molar-refractivity contribution in [3.63, 3.8) is 0 Å². The Morgan fingerprint density at radius 2 is 2.00 bits per heavy atom. The van der Waals surface area contributed by atoms with Crippen LogP contribution in [0.25, 0.3) is 0 Å². The summed E-state index contributed by atoms with van der Waals surface area (Å²) in [6.45, 7) is 0.952.